The summed E-state index contributed by atoms with van der Waals surface area (Å²) >= 11 is 5.08. The van der Waals surface area contributed by atoms with Gasteiger partial charge in [-0.3, -0.25) is 9.89 Å². The van der Waals surface area contributed by atoms with E-state index in [1.54, 1.807) is 23.9 Å². The van der Waals surface area contributed by atoms with Crippen LogP contribution in [0.25, 0.3) is 11.4 Å². The normalized spacial score (nSPS) is 10.6. The van der Waals surface area contributed by atoms with Gasteiger partial charge in [-0.25, -0.2) is 0 Å². The standard InChI is InChI=1S/C10H12N4OS/c1-3-14-8(11-12-10(14)16)7-5-4-6-13(2)9(7)15/h4-6H,3H2,1-2H3,(H,12,16). The van der Waals surface area contributed by atoms with E-state index >= 15 is 0 Å². The average molecular weight is 236 g/mol. The summed E-state index contributed by atoms with van der Waals surface area (Å²) in [5.74, 6) is 0.591. The van der Waals surface area contributed by atoms with E-state index in [4.69, 9.17) is 12.2 Å². The fourth-order valence-electron chi connectivity index (χ4n) is 1.58. The van der Waals surface area contributed by atoms with E-state index in [1.165, 1.54) is 4.57 Å². The molecule has 0 saturated heterocycles. The highest BCUT2D eigenvalue weighted by Gasteiger charge is 2.11. The van der Waals surface area contributed by atoms with Crippen molar-refractivity contribution in [2.45, 2.75) is 13.5 Å². The van der Waals surface area contributed by atoms with Gasteiger partial charge in [0.05, 0.1) is 5.56 Å². The van der Waals surface area contributed by atoms with Crippen molar-refractivity contribution in [3.8, 4) is 11.4 Å². The predicted octanol–water partition coefficient (Wildman–Crippen LogP) is 1.33. The second-order valence-corrected chi connectivity index (χ2v) is 3.82. The Labute approximate surface area is 97.4 Å². The number of nitrogens with one attached hydrogen (secondary N) is 1. The van der Waals surface area contributed by atoms with Crippen molar-refractivity contribution < 1.29 is 0 Å². The van der Waals surface area contributed by atoms with Gasteiger partial charge >= 0.3 is 0 Å². The molecule has 0 saturated carbocycles. The van der Waals surface area contributed by atoms with E-state index < -0.39 is 0 Å². The van der Waals surface area contributed by atoms with Crippen molar-refractivity contribution in [3.05, 3.63) is 33.5 Å². The molecule has 0 fully saturated rings. The van der Waals surface area contributed by atoms with Crippen LogP contribution < -0.4 is 5.56 Å². The van der Waals surface area contributed by atoms with Crippen molar-refractivity contribution in [3.63, 3.8) is 0 Å². The molecule has 6 heteroatoms. The molecule has 1 N–H and O–H groups in total. The summed E-state index contributed by atoms with van der Waals surface area (Å²) in [6.07, 6.45) is 1.71. The van der Waals surface area contributed by atoms with E-state index in [2.05, 4.69) is 10.2 Å². The quantitative estimate of drug-likeness (QED) is 0.800. The lowest BCUT2D eigenvalue weighted by atomic mass is 10.2. The molecule has 0 aliphatic rings. The number of pyridine rings is 1. The van der Waals surface area contributed by atoms with E-state index in [-0.39, 0.29) is 5.56 Å². The first kappa shape index (κ1) is 10.8. The minimum atomic E-state index is -0.0776. The minimum absolute atomic E-state index is 0.0776. The van der Waals surface area contributed by atoms with Crippen LogP contribution in [0.1, 0.15) is 6.92 Å². The SMILES string of the molecule is CCn1c(-c2cccn(C)c2=O)n[nH]c1=S. The summed E-state index contributed by atoms with van der Waals surface area (Å²) in [7, 11) is 1.71. The molecule has 0 radical (unpaired) electrons. The zero-order chi connectivity index (χ0) is 11.7. The largest absolute Gasteiger partial charge is 0.318 e. The number of nitrogens with zero attached hydrogens (tertiary/aromatic N) is 3. The summed E-state index contributed by atoms with van der Waals surface area (Å²) in [5.41, 5.74) is 0.477. The number of rotatable bonds is 2. The molecule has 0 aliphatic carbocycles. The van der Waals surface area contributed by atoms with Gasteiger partial charge in [-0.2, -0.15) is 5.10 Å². The van der Waals surface area contributed by atoms with Gasteiger partial charge in [-0.1, -0.05) is 0 Å². The van der Waals surface area contributed by atoms with Crippen LogP contribution in [-0.2, 0) is 13.6 Å². The first-order chi connectivity index (χ1) is 7.65. The van der Waals surface area contributed by atoms with Crippen molar-refractivity contribution in [2.75, 3.05) is 0 Å². The molecule has 0 atom stereocenters. The molecule has 2 aromatic rings. The van der Waals surface area contributed by atoms with Crippen LogP contribution in [-0.4, -0.2) is 19.3 Å². The van der Waals surface area contributed by atoms with Gasteiger partial charge in [0.15, 0.2) is 10.6 Å². The maximum Gasteiger partial charge on any atom is 0.261 e. The molecular formula is C10H12N4OS. The molecule has 0 amide bonds. The van der Waals surface area contributed by atoms with Gasteiger partial charge in [-0.15, -0.1) is 0 Å². The van der Waals surface area contributed by atoms with Gasteiger partial charge in [-0.05, 0) is 31.3 Å². The zero-order valence-corrected chi connectivity index (χ0v) is 9.91. The maximum atomic E-state index is 11.9. The summed E-state index contributed by atoms with van der Waals surface area (Å²) in [6, 6.07) is 3.56. The van der Waals surface area contributed by atoms with E-state index in [1.807, 2.05) is 13.0 Å². The number of hydrogen-bond donors (Lipinski definition) is 1. The molecule has 16 heavy (non-hydrogen) atoms. The first-order valence-corrected chi connectivity index (χ1v) is 5.37. The Morgan fingerprint density at radius 2 is 2.31 bits per heavy atom. The van der Waals surface area contributed by atoms with Gasteiger partial charge in [0, 0.05) is 19.8 Å². The Balaban J connectivity index is 2.73. The van der Waals surface area contributed by atoms with E-state index in [0.717, 1.165) is 0 Å². The first-order valence-electron chi connectivity index (χ1n) is 4.96. The van der Waals surface area contributed by atoms with Gasteiger partial charge in [0.2, 0.25) is 0 Å². The second-order valence-electron chi connectivity index (χ2n) is 3.43. The molecule has 0 bridgehead atoms. The molecule has 5 nitrogen and oxygen atoms in total. The number of aromatic nitrogens is 4. The van der Waals surface area contributed by atoms with Crippen molar-refractivity contribution in [2.24, 2.45) is 7.05 Å². The Kier molecular flexibility index (Phi) is 2.74. The highest BCUT2D eigenvalue weighted by atomic mass is 32.1. The summed E-state index contributed by atoms with van der Waals surface area (Å²) in [5, 5.41) is 6.79. The molecule has 0 aliphatic heterocycles. The second kappa shape index (κ2) is 4.05. The predicted molar refractivity (Wildman–Crippen MR) is 63.8 cm³/mol. The molecular weight excluding hydrogens is 224 g/mol. The molecule has 0 unspecified atom stereocenters. The maximum absolute atomic E-state index is 11.9. The molecule has 84 valence electrons. The van der Waals surface area contributed by atoms with Crippen LogP contribution >= 0.6 is 12.2 Å². The fourth-order valence-corrected chi connectivity index (χ4v) is 1.85. The number of aryl methyl sites for hydroxylation is 1. The highest BCUT2D eigenvalue weighted by Crippen LogP contribution is 2.12. The third kappa shape index (κ3) is 1.61. The van der Waals surface area contributed by atoms with Crippen LogP contribution in [0, 0.1) is 4.77 Å². The fraction of sp³-hybridized carbons (Fsp3) is 0.300. The van der Waals surface area contributed by atoms with Crippen LogP contribution in [0.15, 0.2) is 23.1 Å². The van der Waals surface area contributed by atoms with Gasteiger partial charge < -0.3 is 9.13 Å². The van der Waals surface area contributed by atoms with Crippen LogP contribution in [0.2, 0.25) is 0 Å². The van der Waals surface area contributed by atoms with E-state index in [9.17, 15) is 4.79 Å². The van der Waals surface area contributed by atoms with Gasteiger partial charge in [0.1, 0.15) is 0 Å². The molecule has 2 heterocycles. The molecule has 2 rings (SSSR count). The Hall–Kier alpha value is -1.69. The van der Waals surface area contributed by atoms with Crippen LogP contribution in [0.3, 0.4) is 0 Å². The summed E-state index contributed by atoms with van der Waals surface area (Å²) < 4.78 is 3.85. The van der Waals surface area contributed by atoms with E-state index in [0.29, 0.717) is 22.7 Å². The third-order valence-corrected chi connectivity index (χ3v) is 2.75. The third-order valence-electron chi connectivity index (χ3n) is 2.44. The average Bonchev–Trinajstić information content (AvgIpc) is 2.63. The summed E-state index contributed by atoms with van der Waals surface area (Å²) in [4.78, 5) is 11.9. The summed E-state index contributed by atoms with van der Waals surface area (Å²) in [6.45, 7) is 2.64. The molecule has 2 aromatic heterocycles. The van der Waals surface area contributed by atoms with Crippen molar-refractivity contribution in [1.29, 1.82) is 0 Å². The van der Waals surface area contributed by atoms with Crippen molar-refractivity contribution >= 4 is 12.2 Å². The smallest absolute Gasteiger partial charge is 0.261 e. The lowest BCUT2D eigenvalue weighted by molar-refractivity contribution is 0.752. The highest BCUT2D eigenvalue weighted by molar-refractivity contribution is 7.71. The minimum Gasteiger partial charge on any atom is -0.318 e. The Morgan fingerprint density at radius 1 is 1.56 bits per heavy atom. The molecule has 0 spiro atoms. The number of H-pyrrole nitrogens is 1. The topological polar surface area (TPSA) is 55.6 Å². The number of hydrogen-bond acceptors (Lipinski definition) is 3. The monoisotopic (exact) mass is 236 g/mol. The Morgan fingerprint density at radius 3 is 3.00 bits per heavy atom. The molecule has 0 aromatic carbocycles. The zero-order valence-electron chi connectivity index (χ0n) is 9.10. The van der Waals surface area contributed by atoms with Crippen LogP contribution in [0.5, 0.6) is 0 Å². The lowest BCUT2D eigenvalue weighted by Gasteiger charge is -2.04. The Bertz CT molecular complexity index is 622. The van der Waals surface area contributed by atoms with Gasteiger partial charge in [0.25, 0.3) is 5.56 Å². The number of aromatic amines is 1. The lowest BCUT2D eigenvalue weighted by Crippen LogP contribution is -2.18. The van der Waals surface area contributed by atoms with Crippen molar-refractivity contribution in [1.82, 2.24) is 19.3 Å². The van der Waals surface area contributed by atoms with Crippen LogP contribution in [0.4, 0.5) is 0 Å².